The van der Waals surface area contributed by atoms with Gasteiger partial charge < -0.3 is 15.4 Å². The SMILES string of the molecule is COc1cccc(NC(=O)c2ccc([C@@H]3Nc4cc(C(F)(F)F)ccc4S(=O)(=O)N3)cc2)c1. The summed E-state index contributed by atoms with van der Waals surface area (Å²) in [5, 5.41) is 5.50. The van der Waals surface area contributed by atoms with E-state index in [1.807, 2.05) is 0 Å². The van der Waals surface area contributed by atoms with E-state index in [-0.39, 0.29) is 10.6 Å². The Morgan fingerprint density at radius 2 is 1.76 bits per heavy atom. The van der Waals surface area contributed by atoms with Gasteiger partial charge in [-0.25, -0.2) is 8.42 Å². The lowest BCUT2D eigenvalue weighted by Gasteiger charge is -2.29. The van der Waals surface area contributed by atoms with Crippen LogP contribution in [0.2, 0.25) is 0 Å². The molecular weight excluding hydrogens is 459 g/mol. The van der Waals surface area contributed by atoms with Crippen LogP contribution in [0.3, 0.4) is 0 Å². The Morgan fingerprint density at radius 3 is 2.42 bits per heavy atom. The molecule has 3 aromatic carbocycles. The number of alkyl halides is 3. The number of rotatable bonds is 4. The van der Waals surface area contributed by atoms with E-state index in [0.717, 1.165) is 18.2 Å². The first kappa shape index (κ1) is 22.6. The number of carbonyl (C=O) groups excluding carboxylic acids is 1. The Balaban J connectivity index is 1.55. The smallest absolute Gasteiger partial charge is 0.416 e. The van der Waals surface area contributed by atoms with E-state index in [1.165, 1.54) is 31.4 Å². The molecule has 1 aliphatic rings. The van der Waals surface area contributed by atoms with Crippen molar-refractivity contribution in [1.29, 1.82) is 0 Å². The predicted octanol–water partition coefficient (Wildman–Crippen LogP) is 4.37. The van der Waals surface area contributed by atoms with E-state index in [0.29, 0.717) is 22.6 Å². The summed E-state index contributed by atoms with van der Waals surface area (Å²) in [6, 6.07) is 15.2. The monoisotopic (exact) mass is 477 g/mol. The van der Waals surface area contributed by atoms with Crippen LogP contribution in [0.5, 0.6) is 5.75 Å². The number of benzene rings is 3. The van der Waals surface area contributed by atoms with Crippen LogP contribution in [-0.2, 0) is 16.2 Å². The van der Waals surface area contributed by atoms with Crippen molar-refractivity contribution in [2.24, 2.45) is 0 Å². The van der Waals surface area contributed by atoms with Gasteiger partial charge in [-0.3, -0.25) is 4.79 Å². The van der Waals surface area contributed by atoms with E-state index in [9.17, 15) is 26.4 Å². The van der Waals surface area contributed by atoms with Crippen molar-refractivity contribution in [2.45, 2.75) is 17.2 Å². The van der Waals surface area contributed by atoms with E-state index in [1.54, 1.807) is 24.3 Å². The van der Waals surface area contributed by atoms with Gasteiger partial charge in [-0.05, 0) is 48.0 Å². The van der Waals surface area contributed by atoms with Crippen LogP contribution >= 0.6 is 0 Å². The number of fused-ring (bicyclic) bond motifs is 1. The van der Waals surface area contributed by atoms with Crippen LogP contribution in [0.4, 0.5) is 24.5 Å². The van der Waals surface area contributed by atoms with Gasteiger partial charge in [0.15, 0.2) is 0 Å². The number of hydrogen-bond donors (Lipinski definition) is 3. The molecule has 0 aromatic heterocycles. The number of amides is 1. The molecule has 33 heavy (non-hydrogen) atoms. The standard InChI is InChI=1S/C22H18F3N3O4S/c1-32-17-4-2-3-16(12-17)26-21(29)14-7-5-13(6-8-14)20-27-18-11-15(22(23,24)25)9-10-19(18)33(30,31)28-20/h2-12,20,27-28H,1H3,(H,26,29)/t20-/m1/s1. The van der Waals surface area contributed by atoms with Gasteiger partial charge >= 0.3 is 6.18 Å². The zero-order chi connectivity index (χ0) is 23.8. The van der Waals surface area contributed by atoms with E-state index < -0.39 is 33.8 Å². The van der Waals surface area contributed by atoms with Crippen LogP contribution in [-0.4, -0.2) is 21.4 Å². The Labute approximate surface area is 187 Å². The summed E-state index contributed by atoms with van der Waals surface area (Å²) in [5.41, 5.74) is 0.129. The van der Waals surface area contributed by atoms with Crippen molar-refractivity contribution in [3.63, 3.8) is 0 Å². The third-order valence-corrected chi connectivity index (χ3v) is 6.48. The Kier molecular flexibility index (Phi) is 5.76. The molecule has 0 unspecified atom stereocenters. The third-order valence-electron chi connectivity index (χ3n) is 5.00. The van der Waals surface area contributed by atoms with Crippen LogP contribution in [0.15, 0.2) is 71.6 Å². The third kappa shape index (κ3) is 4.78. The molecule has 0 radical (unpaired) electrons. The first-order valence-electron chi connectivity index (χ1n) is 9.62. The number of anilines is 2. The molecule has 7 nitrogen and oxygen atoms in total. The van der Waals surface area contributed by atoms with Crippen LogP contribution in [0.1, 0.15) is 27.7 Å². The average molecular weight is 477 g/mol. The fraction of sp³-hybridized carbons (Fsp3) is 0.136. The van der Waals surface area contributed by atoms with Crippen LogP contribution in [0, 0.1) is 0 Å². The summed E-state index contributed by atoms with van der Waals surface area (Å²) < 4.78 is 71.7. The molecule has 0 spiro atoms. The highest BCUT2D eigenvalue weighted by molar-refractivity contribution is 7.89. The number of carbonyl (C=O) groups is 1. The molecule has 11 heteroatoms. The number of methoxy groups -OCH3 is 1. The second-order valence-electron chi connectivity index (χ2n) is 7.22. The molecule has 1 aliphatic heterocycles. The molecule has 0 fully saturated rings. The quantitative estimate of drug-likeness (QED) is 0.519. The fourth-order valence-electron chi connectivity index (χ4n) is 3.34. The summed E-state index contributed by atoms with van der Waals surface area (Å²) in [4.78, 5) is 12.2. The minimum atomic E-state index is -4.61. The molecule has 4 rings (SSSR count). The normalized spacial score (nSPS) is 16.9. The van der Waals surface area contributed by atoms with Gasteiger partial charge in [-0.2, -0.15) is 17.9 Å². The molecule has 3 aromatic rings. The second kappa shape index (κ2) is 8.41. The molecule has 0 bridgehead atoms. The molecule has 0 aliphatic carbocycles. The van der Waals surface area contributed by atoms with Crippen molar-refractivity contribution >= 4 is 27.3 Å². The topological polar surface area (TPSA) is 96.5 Å². The number of nitrogens with one attached hydrogen (secondary N) is 3. The lowest BCUT2D eigenvalue weighted by atomic mass is 10.1. The van der Waals surface area contributed by atoms with Gasteiger partial charge in [0.25, 0.3) is 5.91 Å². The predicted molar refractivity (Wildman–Crippen MR) is 116 cm³/mol. The molecule has 3 N–H and O–H groups in total. The van der Waals surface area contributed by atoms with Gasteiger partial charge in [0.2, 0.25) is 10.0 Å². The number of halogens is 3. The van der Waals surface area contributed by atoms with Gasteiger partial charge in [-0.15, -0.1) is 0 Å². The molecule has 1 heterocycles. The highest BCUT2D eigenvalue weighted by Crippen LogP contribution is 2.37. The maximum atomic E-state index is 13.1. The van der Waals surface area contributed by atoms with Crippen molar-refractivity contribution in [3.05, 3.63) is 83.4 Å². The fourth-order valence-corrected chi connectivity index (χ4v) is 4.63. The maximum Gasteiger partial charge on any atom is 0.416 e. The minimum absolute atomic E-state index is 0.159. The lowest BCUT2D eigenvalue weighted by Crippen LogP contribution is -2.38. The lowest BCUT2D eigenvalue weighted by molar-refractivity contribution is -0.137. The van der Waals surface area contributed by atoms with E-state index >= 15 is 0 Å². The summed E-state index contributed by atoms with van der Waals surface area (Å²) in [7, 11) is -2.54. The maximum absolute atomic E-state index is 13.1. The largest absolute Gasteiger partial charge is 0.497 e. The molecule has 0 saturated carbocycles. The molecule has 1 amide bonds. The number of sulfonamides is 1. The zero-order valence-electron chi connectivity index (χ0n) is 17.1. The number of ether oxygens (including phenoxy) is 1. The van der Waals surface area contributed by atoms with Crippen LogP contribution < -0.4 is 20.1 Å². The average Bonchev–Trinajstić information content (AvgIpc) is 2.78. The minimum Gasteiger partial charge on any atom is -0.497 e. The molecular formula is C22H18F3N3O4S. The van der Waals surface area contributed by atoms with E-state index in [2.05, 4.69) is 15.4 Å². The van der Waals surface area contributed by atoms with Crippen LogP contribution in [0.25, 0.3) is 0 Å². The highest BCUT2D eigenvalue weighted by atomic mass is 32.2. The summed E-state index contributed by atoms with van der Waals surface area (Å²) in [6.45, 7) is 0. The first-order chi connectivity index (χ1) is 15.6. The second-order valence-corrected chi connectivity index (χ2v) is 8.90. The summed E-state index contributed by atoms with van der Waals surface area (Å²) in [5.74, 6) is 0.180. The Hall–Kier alpha value is -3.57. The Bertz CT molecular complexity index is 1310. The van der Waals surface area contributed by atoms with Gasteiger partial charge in [0.05, 0.1) is 18.4 Å². The van der Waals surface area contributed by atoms with Gasteiger partial charge in [0.1, 0.15) is 16.8 Å². The molecule has 1 atom stereocenters. The Morgan fingerprint density at radius 1 is 1.03 bits per heavy atom. The number of hydrogen-bond acceptors (Lipinski definition) is 5. The molecule has 172 valence electrons. The zero-order valence-corrected chi connectivity index (χ0v) is 17.9. The van der Waals surface area contributed by atoms with Gasteiger partial charge in [0, 0.05) is 17.3 Å². The van der Waals surface area contributed by atoms with Crippen molar-refractivity contribution in [3.8, 4) is 5.75 Å². The van der Waals surface area contributed by atoms with Crippen molar-refractivity contribution in [1.82, 2.24) is 4.72 Å². The van der Waals surface area contributed by atoms with Gasteiger partial charge in [-0.1, -0.05) is 18.2 Å². The highest BCUT2D eigenvalue weighted by Gasteiger charge is 2.35. The summed E-state index contributed by atoms with van der Waals surface area (Å²) >= 11 is 0. The van der Waals surface area contributed by atoms with Crippen molar-refractivity contribution < 1.29 is 31.1 Å². The summed E-state index contributed by atoms with van der Waals surface area (Å²) in [6.07, 6.45) is -5.62. The van der Waals surface area contributed by atoms with E-state index in [4.69, 9.17) is 4.74 Å². The molecule has 0 saturated heterocycles. The first-order valence-corrected chi connectivity index (χ1v) is 11.1. The van der Waals surface area contributed by atoms with Crippen molar-refractivity contribution in [2.75, 3.05) is 17.7 Å².